The summed E-state index contributed by atoms with van der Waals surface area (Å²) in [7, 11) is 0. The summed E-state index contributed by atoms with van der Waals surface area (Å²) >= 11 is 11.3. The van der Waals surface area contributed by atoms with Crippen LogP contribution in [0.2, 0.25) is 10.2 Å². The van der Waals surface area contributed by atoms with Gasteiger partial charge in [0.1, 0.15) is 18.2 Å². The van der Waals surface area contributed by atoms with E-state index in [-0.39, 0.29) is 28.8 Å². The summed E-state index contributed by atoms with van der Waals surface area (Å²) in [5.74, 6) is -0.487. The minimum absolute atomic E-state index is 0.0929. The number of carbonyl (C=O) groups excluding carboxylic acids is 1. The van der Waals surface area contributed by atoms with Gasteiger partial charge in [-0.25, -0.2) is 4.98 Å². The molecule has 0 aromatic carbocycles. The van der Waals surface area contributed by atoms with Crippen molar-refractivity contribution in [3.8, 4) is 12.1 Å². The summed E-state index contributed by atoms with van der Waals surface area (Å²) < 4.78 is 0. The van der Waals surface area contributed by atoms with Crippen LogP contribution in [0.1, 0.15) is 10.4 Å². The fraction of sp³-hybridized carbons (Fsp3) is 0.200. The molecule has 7 heteroatoms. The molecule has 17 heavy (non-hydrogen) atoms. The molecular formula is C10H6Cl2N4O. The van der Waals surface area contributed by atoms with Crippen LogP contribution >= 0.6 is 23.2 Å². The molecule has 1 amide bonds. The highest BCUT2D eigenvalue weighted by atomic mass is 35.5. The minimum Gasteiger partial charge on any atom is -0.312 e. The van der Waals surface area contributed by atoms with Crippen molar-refractivity contribution in [1.82, 2.24) is 9.88 Å². The molecule has 0 saturated carbocycles. The standard InChI is InChI=1S/C10H6Cl2N4O/c11-8-5-7(6-15-9(8)12)10(17)16(3-1-13)4-2-14/h5-6H,3-4H2. The van der Waals surface area contributed by atoms with Gasteiger partial charge in [-0.2, -0.15) is 10.5 Å². The molecule has 1 aromatic heterocycles. The van der Waals surface area contributed by atoms with E-state index in [0.717, 1.165) is 4.90 Å². The topological polar surface area (TPSA) is 80.8 Å². The van der Waals surface area contributed by atoms with Crippen molar-refractivity contribution in [1.29, 1.82) is 10.5 Å². The van der Waals surface area contributed by atoms with Gasteiger partial charge in [-0.05, 0) is 6.07 Å². The highest BCUT2D eigenvalue weighted by Gasteiger charge is 2.16. The van der Waals surface area contributed by atoms with E-state index in [0.29, 0.717) is 0 Å². The van der Waals surface area contributed by atoms with Gasteiger partial charge >= 0.3 is 0 Å². The Morgan fingerprint density at radius 3 is 2.41 bits per heavy atom. The van der Waals surface area contributed by atoms with Crippen LogP contribution in [-0.2, 0) is 0 Å². The Hall–Kier alpha value is -1.82. The van der Waals surface area contributed by atoms with Gasteiger partial charge in [0.25, 0.3) is 5.91 Å². The van der Waals surface area contributed by atoms with Crippen LogP contribution in [0.25, 0.3) is 0 Å². The summed E-state index contributed by atoms with van der Waals surface area (Å²) in [6.45, 7) is -0.348. The van der Waals surface area contributed by atoms with Gasteiger partial charge < -0.3 is 4.90 Å². The summed E-state index contributed by atoms with van der Waals surface area (Å²) in [4.78, 5) is 16.7. The van der Waals surface area contributed by atoms with E-state index in [1.807, 2.05) is 0 Å². The average Bonchev–Trinajstić information content (AvgIpc) is 2.31. The van der Waals surface area contributed by atoms with Crippen LogP contribution in [0.15, 0.2) is 12.3 Å². The van der Waals surface area contributed by atoms with Crippen molar-refractivity contribution in [2.24, 2.45) is 0 Å². The maximum absolute atomic E-state index is 11.9. The fourth-order valence-corrected chi connectivity index (χ4v) is 1.36. The Morgan fingerprint density at radius 1 is 1.35 bits per heavy atom. The number of hydrogen-bond donors (Lipinski definition) is 0. The van der Waals surface area contributed by atoms with Crippen molar-refractivity contribution in [3.63, 3.8) is 0 Å². The molecule has 0 unspecified atom stereocenters. The molecule has 0 bridgehead atoms. The monoisotopic (exact) mass is 268 g/mol. The van der Waals surface area contributed by atoms with E-state index >= 15 is 0 Å². The third kappa shape index (κ3) is 3.32. The SMILES string of the molecule is N#CCN(CC#N)C(=O)c1cnc(Cl)c(Cl)c1. The Kier molecular flexibility index (Phi) is 4.71. The number of pyridine rings is 1. The number of halogens is 2. The fourth-order valence-electron chi connectivity index (χ4n) is 1.09. The van der Waals surface area contributed by atoms with E-state index in [1.54, 1.807) is 12.1 Å². The smallest absolute Gasteiger partial charge is 0.257 e. The van der Waals surface area contributed by atoms with Gasteiger partial charge in [0.15, 0.2) is 0 Å². The van der Waals surface area contributed by atoms with Crippen molar-refractivity contribution in [2.75, 3.05) is 13.1 Å². The second-order valence-corrected chi connectivity index (χ2v) is 3.74. The minimum atomic E-state index is -0.487. The van der Waals surface area contributed by atoms with Crippen LogP contribution in [0.4, 0.5) is 0 Å². The Balaban J connectivity index is 2.98. The first-order valence-electron chi connectivity index (χ1n) is 4.44. The van der Waals surface area contributed by atoms with E-state index in [1.165, 1.54) is 12.3 Å². The van der Waals surface area contributed by atoms with Gasteiger partial charge in [-0.15, -0.1) is 0 Å². The lowest BCUT2D eigenvalue weighted by molar-refractivity contribution is 0.0794. The zero-order valence-corrected chi connectivity index (χ0v) is 10.0. The zero-order valence-electron chi connectivity index (χ0n) is 8.52. The largest absolute Gasteiger partial charge is 0.312 e. The van der Waals surface area contributed by atoms with E-state index in [4.69, 9.17) is 33.7 Å². The molecule has 0 spiro atoms. The molecule has 0 aliphatic carbocycles. The highest BCUT2D eigenvalue weighted by molar-refractivity contribution is 6.41. The molecule has 1 heterocycles. The first-order chi connectivity index (χ1) is 8.10. The maximum atomic E-state index is 11.9. The number of nitriles is 2. The molecule has 0 fully saturated rings. The third-order valence-electron chi connectivity index (χ3n) is 1.85. The number of nitrogens with zero attached hydrogens (tertiary/aromatic N) is 4. The quantitative estimate of drug-likeness (QED) is 0.619. The van der Waals surface area contributed by atoms with Crippen molar-refractivity contribution in [2.45, 2.75) is 0 Å². The molecule has 0 aliphatic heterocycles. The molecule has 5 nitrogen and oxygen atoms in total. The summed E-state index contributed by atoms with van der Waals surface area (Å²) in [5.41, 5.74) is 0.185. The molecule has 0 saturated heterocycles. The number of aromatic nitrogens is 1. The lowest BCUT2D eigenvalue weighted by Crippen LogP contribution is -2.31. The Bertz CT molecular complexity index is 502. The third-order valence-corrected chi connectivity index (χ3v) is 2.54. The van der Waals surface area contributed by atoms with Gasteiger partial charge in [-0.3, -0.25) is 4.79 Å². The predicted octanol–water partition coefficient (Wildman–Crippen LogP) is 1.88. The molecule has 0 radical (unpaired) electrons. The molecular weight excluding hydrogens is 263 g/mol. The van der Waals surface area contributed by atoms with Crippen LogP contribution in [0, 0.1) is 22.7 Å². The summed E-state index contributed by atoms with van der Waals surface area (Å²) in [5, 5.41) is 17.3. The van der Waals surface area contributed by atoms with Crippen LogP contribution in [0.3, 0.4) is 0 Å². The molecule has 1 aromatic rings. The number of amides is 1. The van der Waals surface area contributed by atoms with Gasteiger partial charge in [0.2, 0.25) is 0 Å². The normalized spacial score (nSPS) is 9.18. The molecule has 1 rings (SSSR count). The lowest BCUT2D eigenvalue weighted by Gasteiger charge is -2.15. The average molecular weight is 269 g/mol. The van der Waals surface area contributed by atoms with E-state index < -0.39 is 5.91 Å². The summed E-state index contributed by atoms with van der Waals surface area (Å²) in [6, 6.07) is 4.96. The first-order valence-corrected chi connectivity index (χ1v) is 5.20. The molecule has 0 N–H and O–H groups in total. The number of carbonyl (C=O) groups is 1. The molecule has 0 aliphatic rings. The zero-order chi connectivity index (χ0) is 12.8. The Labute approximate surface area is 108 Å². The lowest BCUT2D eigenvalue weighted by atomic mass is 10.2. The van der Waals surface area contributed by atoms with Crippen LogP contribution in [-0.4, -0.2) is 28.9 Å². The highest BCUT2D eigenvalue weighted by Crippen LogP contribution is 2.20. The Morgan fingerprint density at radius 2 is 1.94 bits per heavy atom. The van der Waals surface area contributed by atoms with E-state index in [2.05, 4.69) is 4.98 Å². The number of rotatable bonds is 3. The number of hydrogen-bond acceptors (Lipinski definition) is 4. The predicted molar refractivity (Wildman–Crippen MR) is 61.4 cm³/mol. The van der Waals surface area contributed by atoms with Crippen molar-refractivity contribution >= 4 is 29.1 Å². The van der Waals surface area contributed by atoms with Crippen molar-refractivity contribution < 1.29 is 4.79 Å². The molecule has 86 valence electrons. The van der Waals surface area contributed by atoms with Gasteiger partial charge in [0.05, 0.1) is 22.7 Å². The van der Waals surface area contributed by atoms with Crippen LogP contribution < -0.4 is 0 Å². The second-order valence-electron chi connectivity index (χ2n) is 2.97. The first kappa shape index (κ1) is 13.2. The van der Waals surface area contributed by atoms with Crippen molar-refractivity contribution in [3.05, 3.63) is 28.0 Å². The van der Waals surface area contributed by atoms with E-state index in [9.17, 15) is 4.79 Å². The second kappa shape index (κ2) is 6.05. The van der Waals surface area contributed by atoms with Crippen LogP contribution in [0.5, 0.6) is 0 Å². The maximum Gasteiger partial charge on any atom is 0.257 e. The summed E-state index contributed by atoms with van der Waals surface area (Å²) in [6.07, 6.45) is 1.25. The van der Waals surface area contributed by atoms with Gasteiger partial charge in [0, 0.05) is 6.20 Å². The van der Waals surface area contributed by atoms with Gasteiger partial charge in [-0.1, -0.05) is 23.2 Å². The molecule has 0 atom stereocenters.